The molecule has 1 fully saturated rings. The molecule has 1 aliphatic carbocycles. The molecule has 4 atom stereocenters. The summed E-state index contributed by atoms with van der Waals surface area (Å²) < 4.78 is 6.43. The van der Waals surface area contributed by atoms with Gasteiger partial charge in [0, 0.05) is 12.3 Å². The zero-order valence-corrected chi connectivity index (χ0v) is 15.3. The molecule has 0 aliphatic heterocycles. The second-order valence-corrected chi connectivity index (χ2v) is 12.6. The average Bonchev–Trinajstić information content (AvgIpc) is 2.60. The normalized spacial score (nSPS) is 29.5. The van der Waals surface area contributed by atoms with Crippen molar-refractivity contribution in [2.45, 2.75) is 76.8 Å². The Morgan fingerprint density at radius 1 is 1.32 bits per heavy atom. The Hall–Kier alpha value is -0.723. The van der Waals surface area contributed by atoms with E-state index in [9.17, 15) is 14.7 Å². The van der Waals surface area contributed by atoms with E-state index < -0.39 is 20.4 Å². The number of carbonyl (C=O) groups is 2. The van der Waals surface area contributed by atoms with E-state index in [0.717, 1.165) is 6.29 Å². The first kappa shape index (κ1) is 19.3. The van der Waals surface area contributed by atoms with Gasteiger partial charge in [-0.25, -0.2) is 0 Å². The van der Waals surface area contributed by atoms with E-state index in [0.29, 0.717) is 19.3 Å². The fraction of sp³-hybridized carbons (Fsp3) is 0.875. The first-order chi connectivity index (χ1) is 9.99. The van der Waals surface area contributed by atoms with Crippen molar-refractivity contribution >= 4 is 20.6 Å². The van der Waals surface area contributed by atoms with Crippen molar-refractivity contribution in [3.05, 3.63) is 0 Å². The van der Waals surface area contributed by atoms with E-state index in [1.165, 1.54) is 0 Å². The molecule has 6 heteroatoms. The summed E-state index contributed by atoms with van der Waals surface area (Å²) in [5, 5.41) is 19.4. The lowest BCUT2D eigenvalue weighted by Crippen LogP contribution is -2.45. The number of carboxylic acids is 1. The largest absolute Gasteiger partial charge is 0.481 e. The van der Waals surface area contributed by atoms with Crippen molar-refractivity contribution in [1.29, 1.82) is 0 Å². The lowest BCUT2D eigenvalue weighted by molar-refractivity contribution is -0.139. The van der Waals surface area contributed by atoms with Crippen LogP contribution < -0.4 is 0 Å². The maximum Gasteiger partial charge on any atom is 0.303 e. The SMILES string of the molecule is CC(C)(C)[Si](C)(C)O[C@@H]1C[C@H](O)[C@H](CC(=O)O)[C@H]1CCC=O. The second-order valence-electron chi connectivity index (χ2n) is 7.89. The number of aliphatic carboxylic acids is 1. The van der Waals surface area contributed by atoms with Gasteiger partial charge in [-0.3, -0.25) is 4.79 Å². The molecule has 22 heavy (non-hydrogen) atoms. The summed E-state index contributed by atoms with van der Waals surface area (Å²) >= 11 is 0. The second kappa shape index (κ2) is 7.23. The van der Waals surface area contributed by atoms with Crippen LogP contribution in [0.4, 0.5) is 0 Å². The molecule has 128 valence electrons. The van der Waals surface area contributed by atoms with Crippen molar-refractivity contribution in [2.75, 3.05) is 0 Å². The third-order valence-electron chi connectivity index (χ3n) is 5.28. The van der Waals surface area contributed by atoms with Crippen molar-refractivity contribution in [3.8, 4) is 0 Å². The molecule has 1 rings (SSSR count). The molecular weight excluding hydrogens is 300 g/mol. The molecule has 0 heterocycles. The van der Waals surface area contributed by atoms with Crippen LogP contribution >= 0.6 is 0 Å². The minimum Gasteiger partial charge on any atom is -0.481 e. The van der Waals surface area contributed by atoms with Gasteiger partial charge >= 0.3 is 5.97 Å². The Morgan fingerprint density at radius 3 is 2.36 bits per heavy atom. The highest BCUT2D eigenvalue weighted by Crippen LogP contribution is 2.44. The molecule has 0 saturated heterocycles. The van der Waals surface area contributed by atoms with E-state index >= 15 is 0 Å². The van der Waals surface area contributed by atoms with Gasteiger partial charge in [0.1, 0.15) is 6.29 Å². The summed E-state index contributed by atoms with van der Waals surface area (Å²) in [5.74, 6) is -1.30. The number of carboxylic acid groups (broad SMARTS) is 1. The van der Waals surface area contributed by atoms with Crippen LogP contribution in [-0.2, 0) is 14.0 Å². The zero-order valence-electron chi connectivity index (χ0n) is 14.3. The van der Waals surface area contributed by atoms with Gasteiger partial charge in [0.2, 0.25) is 0 Å². The number of aliphatic hydroxyl groups is 1. The van der Waals surface area contributed by atoms with E-state index in [2.05, 4.69) is 33.9 Å². The topological polar surface area (TPSA) is 83.8 Å². The minimum atomic E-state index is -2.00. The van der Waals surface area contributed by atoms with Crippen LogP contribution in [0.2, 0.25) is 18.1 Å². The predicted molar refractivity (Wildman–Crippen MR) is 87.2 cm³/mol. The van der Waals surface area contributed by atoms with E-state index in [1.54, 1.807) is 0 Å². The van der Waals surface area contributed by atoms with Gasteiger partial charge in [0.15, 0.2) is 8.32 Å². The van der Waals surface area contributed by atoms with Gasteiger partial charge in [-0.05, 0) is 36.9 Å². The Kier molecular flexibility index (Phi) is 6.35. The predicted octanol–water partition coefficient (Wildman–Crippen LogP) is 2.83. The maximum absolute atomic E-state index is 11.1. The Balaban J connectivity index is 2.92. The molecule has 0 aromatic carbocycles. The smallest absolute Gasteiger partial charge is 0.303 e. The standard InChI is InChI=1S/C16H30O5Si/c1-16(2,3)22(4,5)21-14-10-13(18)12(9-15(19)20)11(14)7-6-8-17/h8,11-14,18H,6-7,9-10H2,1-5H3,(H,19,20)/t11-,12-,13+,14-/m1/s1. The lowest BCUT2D eigenvalue weighted by atomic mass is 9.87. The highest BCUT2D eigenvalue weighted by molar-refractivity contribution is 6.74. The first-order valence-electron chi connectivity index (χ1n) is 8.01. The molecule has 0 unspecified atom stereocenters. The van der Waals surface area contributed by atoms with E-state index in [1.807, 2.05) is 0 Å². The fourth-order valence-electron chi connectivity index (χ4n) is 2.99. The van der Waals surface area contributed by atoms with Crippen molar-refractivity contribution < 1.29 is 24.2 Å². The summed E-state index contributed by atoms with van der Waals surface area (Å²) in [4.78, 5) is 21.8. The van der Waals surface area contributed by atoms with Gasteiger partial charge in [0.25, 0.3) is 0 Å². The molecule has 0 aromatic rings. The van der Waals surface area contributed by atoms with Crippen LogP contribution in [0.15, 0.2) is 0 Å². The van der Waals surface area contributed by atoms with Gasteiger partial charge in [-0.1, -0.05) is 20.8 Å². The van der Waals surface area contributed by atoms with Gasteiger partial charge in [0.05, 0.1) is 18.6 Å². The summed E-state index contributed by atoms with van der Waals surface area (Å²) in [6.07, 6.45) is 1.40. The Labute approximate surface area is 134 Å². The molecule has 1 aliphatic rings. The molecular formula is C16H30O5Si. The average molecular weight is 330 g/mol. The van der Waals surface area contributed by atoms with Crippen LogP contribution in [0, 0.1) is 11.8 Å². The molecule has 0 radical (unpaired) electrons. The molecule has 0 bridgehead atoms. The molecule has 0 amide bonds. The summed E-state index contributed by atoms with van der Waals surface area (Å²) in [7, 11) is -2.00. The van der Waals surface area contributed by atoms with Crippen LogP contribution in [0.1, 0.15) is 46.5 Å². The highest BCUT2D eigenvalue weighted by Gasteiger charge is 2.48. The van der Waals surface area contributed by atoms with Crippen molar-refractivity contribution in [3.63, 3.8) is 0 Å². The fourth-order valence-corrected chi connectivity index (χ4v) is 4.37. The van der Waals surface area contributed by atoms with Crippen LogP contribution in [0.3, 0.4) is 0 Å². The van der Waals surface area contributed by atoms with Gasteiger partial charge in [-0.15, -0.1) is 0 Å². The van der Waals surface area contributed by atoms with Gasteiger partial charge in [-0.2, -0.15) is 0 Å². The minimum absolute atomic E-state index is 0.0536. The number of hydrogen-bond donors (Lipinski definition) is 2. The quantitative estimate of drug-likeness (QED) is 0.554. The molecule has 0 spiro atoms. The van der Waals surface area contributed by atoms with Crippen LogP contribution in [-0.4, -0.2) is 43.0 Å². The van der Waals surface area contributed by atoms with E-state index in [4.69, 9.17) is 9.53 Å². The Bertz CT molecular complexity index is 402. The lowest BCUT2D eigenvalue weighted by Gasteiger charge is -2.40. The third kappa shape index (κ3) is 4.63. The zero-order chi connectivity index (χ0) is 17.1. The molecule has 0 aromatic heterocycles. The van der Waals surface area contributed by atoms with Crippen LogP contribution in [0.25, 0.3) is 0 Å². The number of rotatable bonds is 7. The van der Waals surface area contributed by atoms with Gasteiger partial charge < -0.3 is 19.4 Å². The number of aldehydes is 1. The molecule has 5 nitrogen and oxygen atoms in total. The Morgan fingerprint density at radius 2 is 1.91 bits per heavy atom. The van der Waals surface area contributed by atoms with Crippen LogP contribution in [0.5, 0.6) is 0 Å². The summed E-state index contributed by atoms with van der Waals surface area (Å²) in [6, 6.07) is 0. The highest BCUT2D eigenvalue weighted by atomic mass is 28.4. The first-order valence-corrected chi connectivity index (χ1v) is 10.9. The monoisotopic (exact) mass is 330 g/mol. The van der Waals surface area contributed by atoms with E-state index in [-0.39, 0.29) is 29.4 Å². The van der Waals surface area contributed by atoms with Crippen molar-refractivity contribution in [1.82, 2.24) is 0 Å². The van der Waals surface area contributed by atoms with Crippen molar-refractivity contribution in [2.24, 2.45) is 11.8 Å². The molecule has 1 saturated carbocycles. The number of carbonyl (C=O) groups excluding carboxylic acids is 1. The summed E-state index contributed by atoms with van der Waals surface area (Å²) in [5.41, 5.74) is 0. The number of aliphatic hydroxyl groups excluding tert-OH is 1. The third-order valence-corrected chi connectivity index (χ3v) is 9.78. The maximum atomic E-state index is 11.1. The number of hydrogen-bond acceptors (Lipinski definition) is 4. The summed E-state index contributed by atoms with van der Waals surface area (Å²) in [6.45, 7) is 10.8. The molecule has 2 N–H and O–H groups in total.